The molecule has 31 heavy (non-hydrogen) atoms. The van der Waals surface area contributed by atoms with Gasteiger partial charge in [0.15, 0.2) is 5.11 Å². The van der Waals surface area contributed by atoms with Crippen LogP contribution in [-0.4, -0.2) is 38.6 Å². The normalized spacial score (nSPS) is 13.6. The molecule has 1 saturated heterocycles. The first-order valence-corrected chi connectivity index (χ1v) is 11.0. The van der Waals surface area contributed by atoms with Crippen LogP contribution in [0, 0.1) is 6.92 Å². The van der Waals surface area contributed by atoms with Crippen molar-refractivity contribution >= 4 is 28.9 Å². The number of hydrogen-bond donors (Lipinski definition) is 2. The average molecular weight is 434 g/mol. The second kappa shape index (κ2) is 9.75. The van der Waals surface area contributed by atoms with Gasteiger partial charge in [-0.2, -0.15) is 0 Å². The minimum atomic E-state index is 0.112. The highest BCUT2D eigenvalue weighted by atomic mass is 32.1. The summed E-state index contributed by atoms with van der Waals surface area (Å²) in [6, 6.07) is 15.8. The van der Waals surface area contributed by atoms with Crippen molar-refractivity contribution in [2.45, 2.75) is 32.7 Å². The highest BCUT2D eigenvalue weighted by molar-refractivity contribution is 7.80. The van der Waals surface area contributed by atoms with Crippen LogP contribution in [-0.2, 0) is 6.54 Å². The Hall–Kier alpha value is -3.19. The van der Waals surface area contributed by atoms with Gasteiger partial charge in [-0.15, -0.1) is 0 Å². The van der Waals surface area contributed by atoms with Crippen LogP contribution in [0.25, 0.3) is 5.69 Å². The number of nitrogens with zero attached hydrogens (tertiary/aromatic N) is 3. The summed E-state index contributed by atoms with van der Waals surface area (Å²) in [7, 11) is 0. The van der Waals surface area contributed by atoms with Gasteiger partial charge < -0.3 is 20.1 Å². The van der Waals surface area contributed by atoms with E-state index in [1.807, 2.05) is 46.9 Å². The molecule has 2 heterocycles. The summed E-state index contributed by atoms with van der Waals surface area (Å²) in [4.78, 5) is 18.8. The third-order valence-corrected chi connectivity index (χ3v) is 5.77. The molecule has 0 unspecified atom stereocenters. The van der Waals surface area contributed by atoms with E-state index in [1.165, 1.54) is 6.42 Å². The maximum Gasteiger partial charge on any atom is 0.253 e. The molecular weight excluding hydrogens is 406 g/mol. The molecule has 0 spiro atoms. The number of carbonyl (C=O) groups is 1. The summed E-state index contributed by atoms with van der Waals surface area (Å²) in [5.41, 5.74) is 3.80. The fourth-order valence-corrected chi connectivity index (χ4v) is 3.95. The average Bonchev–Trinajstić information content (AvgIpc) is 3.24. The third-order valence-electron chi connectivity index (χ3n) is 5.53. The topological polar surface area (TPSA) is 62.2 Å². The summed E-state index contributed by atoms with van der Waals surface area (Å²) in [5.74, 6) is 1.07. The Morgan fingerprint density at radius 2 is 1.74 bits per heavy atom. The Labute approximate surface area is 188 Å². The lowest BCUT2D eigenvalue weighted by Gasteiger charge is -2.26. The summed E-state index contributed by atoms with van der Waals surface area (Å²) in [6.45, 7) is 4.32. The molecule has 3 aromatic rings. The molecular formula is C24H27N5OS. The lowest BCUT2D eigenvalue weighted by Crippen LogP contribution is -2.35. The van der Waals surface area contributed by atoms with E-state index < -0.39 is 0 Å². The van der Waals surface area contributed by atoms with Gasteiger partial charge in [0.1, 0.15) is 5.82 Å². The maximum absolute atomic E-state index is 12.6. The van der Waals surface area contributed by atoms with Crippen LogP contribution in [0.1, 0.15) is 41.0 Å². The fourth-order valence-electron chi connectivity index (χ4n) is 3.76. The number of imidazole rings is 1. The number of carbonyl (C=O) groups excluding carboxylic acids is 1. The van der Waals surface area contributed by atoms with E-state index in [4.69, 9.17) is 12.2 Å². The van der Waals surface area contributed by atoms with Crippen molar-refractivity contribution in [3.05, 3.63) is 77.9 Å². The molecule has 0 radical (unpaired) electrons. The molecule has 2 aromatic carbocycles. The standard InChI is InChI=1S/C24H27N5OS/c1-18-25-13-16-29(18)22-11-5-19(6-12-22)17-26-24(31)27-21-9-7-20(8-10-21)23(30)28-14-3-2-4-15-28/h5-13,16H,2-4,14-15,17H2,1H3,(H2,26,27,31). The monoisotopic (exact) mass is 433 g/mol. The number of nitrogens with one attached hydrogen (secondary N) is 2. The molecule has 1 aromatic heterocycles. The molecule has 1 aliphatic heterocycles. The highest BCUT2D eigenvalue weighted by Gasteiger charge is 2.17. The van der Waals surface area contributed by atoms with Gasteiger partial charge >= 0.3 is 0 Å². The van der Waals surface area contributed by atoms with Crippen molar-refractivity contribution in [3.8, 4) is 5.69 Å². The van der Waals surface area contributed by atoms with E-state index >= 15 is 0 Å². The van der Waals surface area contributed by atoms with Gasteiger partial charge in [0.25, 0.3) is 5.91 Å². The molecule has 0 aliphatic carbocycles. The number of rotatable bonds is 5. The van der Waals surface area contributed by atoms with Crippen LogP contribution in [0.4, 0.5) is 5.69 Å². The van der Waals surface area contributed by atoms with Crippen LogP contribution in [0.5, 0.6) is 0 Å². The first-order valence-electron chi connectivity index (χ1n) is 10.6. The van der Waals surface area contributed by atoms with Crippen molar-refractivity contribution in [1.29, 1.82) is 0 Å². The van der Waals surface area contributed by atoms with Gasteiger partial charge in [0.2, 0.25) is 0 Å². The quantitative estimate of drug-likeness (QED) is 0.588. The first kappa shape index (κ1) is 21.1. The zero-order valence-corrected chi connectivity index (χ0v) is 18.5. The molecule has 160 valence electrons. The first-order chi connectivity index (χ1) is 15.1. The van der Waals surface area contributed by atoms with Crippen LogP contribution < -0.4 is 10.6 Å². The van der Waals surface area contributed by atoms with Gasteiger partial charge in [-0.05, 0) is 80.4 Å². The number of hydrogen-bond acceptors (Lipinski definition) is 3. The molecule has 1 aliphatic rings. The molecule has 7 heteroatoms. The Kier molecular flexibility index (Phi) is 6.62. The number of anilines is 1. The molecule has 2 N–H and O–H groups in total. The number of likely N-dealkylation sites (tertiary alicyclic amines) is 1. The lowest BCUT2D eigenvalue weighted by molar-refractivity contribution is 0.0724. The van der Waals surface area contributed by atoms with Gasteiger partial charge in [0.05, 0.1) is 0 Å². The predicted octanol–water partition coefficient (Wildman–Crippen LogP) is 4.29. The van der Waals surface area contributed by atoms with Crippen molar-refractivity contribution < 1.29 is 4.79 Å². The molecule has 4 rings (SSSR count). The summed E-state index contributed by atoms with van der Waals surface area (Å²) in [5, 5.41) is 6.96. The van der Waals surface area contributed by atoms with E-state index in [-0.39, 0.29) is 5.91 Å². The SMILES string of the molecule is Cc1nccn1-c1ccc(CNC(=S)Nc2ccc(C(=O)N3CCCCC3)cc2)cc1. The van der Waals surface area contributed by atoms with Crippen LogP contribution >= 0.6 is 12.2 Å². The minimum Gasteiger partial charge on any atom is -0.358 e. The fraction of sp³-hybridized carbons (Fsp3) is 0.292. The second-order valence-corrected chi connectivity index (χ2v) is 8.16. The zero-order chi connectivity index (χ0) is 21.6. The molecule has 1 amide bonds. The third kappa shape index (κ3) is 5.30. The Bertz CT molecular complexity index is 1040. The van der Waals surface area contributed by atoms with E-state index in [0.717, 1.165) is 54.3 Å². The smallest absolute Gasteiger partial charge is 0.253 e. The maximum atomic E-state index is 12.6. The molecule has 0 atom stereocenters. The summed E-state index contributed by atoms with van der Waals surface area (Å²) in [6.07, 6.45) is 7.15. The van der Waals surface area contributed by atoms with Gasteiger partial charge in [0, 0.05) is 49.0 Å². The number of thiocarbonyl (C=S) groups is 1. The van der Waals surface area contributed by atoms with Gasteiger partial charge in [-0.25, -0.2) is 4.98 Å². The Balaban J connectivity index is 1.28. The van der Waals surface area contributed by atoms with E-state index in [9.17, 15) is 4.79 Å². The Morgan fingerprint density at radius 1 is 1.03 bits per heavy atom. The zero-order valence-electron chi connectivity index (χ0n) is 17.7. The van der Waals surface area contributed by atoms with Crippen molar-refractivity contribution in [3.63, 3.8) is 0 Å². The van der Waals surface area contributed by atoms with E-state index in [0.29, 0.717) is 11.7 Å². The Morgan fingerprint density at radius 3 is 2.39 bits per heavy atom. The van der Waals surface area contributed by atoms with Gasteiger partial charge in [-0.3, -0.25) is 4.79 Å². The number of aromatic nitrogens is 2. The van der Waals surface area contributed by atoms with Crippen LogP contribution in [0.3, 0.4) is 0 Å². The molecule has 6 nitrogen and oxygen atoms in total. The summed E-state index contributed by atoms with van der Waals surface area (Å²) >= 11 is 5.42. The number of piperidine rings is 1. The molecule has 1 fully saturated rings. The van der Waals surface area contributed by atoms with Crippen LogP contribution in [0.15, 0.2) is 60.9 Å². The number of aryl methyl sites for hydroxylation is 1. The summed E-state index contributed by atoms with van der Waals surface area (Å²) < 4.78 is 2.04. The van der Waals surface area contributed by atoms with Crippen molar-refractivity contribution in [1.82, 2.24) is 19.8 Å². The lowest BCUT2D eigenvalue weighted by atomic mass is 10.1. The van der Waals surface area contributed by atoms with E-state index in [1.54, 1.807) is 6.20 Å². The molecule has 0 bridgehead atoms. The predicted molar refractivity (Wildman–Crippen MR) is 128 cm³/mol. The number of amides is 1. The van der Waals surface area contributed by atoms with E-state index in [2.05, 4.69) is 39.9 Å². The largest absolute Gasteiger partial charge is 0.358 e. The van der Waals surface area contributed by atoms with Gasteiger partial charge in [-0.1, -0.05) is 12.1 Å². The second-order valence-electron chi connectivity index (χ2n) is 7.75. The van der Waals surface area contributed by atoms with Crippen molar-refractivity contribution in [2.24, 2.45) is 0 Å². The van der Waals surface area contributed by atoms with Crippen molar-refractivity contribution in [2.75, 3.05) is 18.4 Å². The number of benzene rings is 2. The minimum absolute atomic E-state index is 0.112. The van der Waals surface area contributed by atoms with Crippen LogP contribution in [0.2, 0.25) is 0 Å². The highest BCUT2D eigenvalue weighted by Crippen LogP contribution is 2.16. The molecule has 0 saturated carbocycles.